The Balaban J connectivity index is 2.08. The second kappa shape index (κ2) is 7.84. The molecule has 1 rings (SSSR count). The zero-order valence-electron chi connectivity index (χ0n) is 10.3. The number of aromatic nitrogens is 2. The number of aliphatic hydroxyl groups excluding tert-OH is 1. The number of imidazole rings is 1. The van der Waals surface area contributed by atoms with Gasteiger partial charge in [0.2, 0.25) is 0 Å². The zero-order valence-corrected chi connectivity index (χ0v) is 10.3. The van der Waals surface area contributed by atoms with Crippen molar-refractivity contribution in [2.24, 2.45) is 0 Å². The van der Waals surface area contributed by atoms with Gasteiger partial charge in [0.1, 0.15) is 12.4 Å². The lowest BCUT2D eigenvalue weighted by Gasteiger charge is -2.06. The number of nitrogens with zero attached hydrogens (tertiary/aromatic N) is 2. The van der Waals surface area contributed by atoms with E-state index in [4.69, 9.17) is 9.84 Å². The second-order valence-electron chi connectivity index (χ2n) is 3.96. The summed E-state index contributed by atoms with van der Waals surface area (Å²) in [4.78, 5) is 15.5. The normalized spacial score (nSPS) is 10.5. The number of aryl methyl sites for hydroxylation is 1. The van der Waals surface area contributed by atoms with Crippen molar-refractivity contribution in [1.82, 2.24) is 9.55 Å². The summed E-state index contributed by atoms with van der Waals surface area (Å²) in [5.41, 5.74) is 0. The first kappa shape index (κ1) is 13.7. The van der Waals surface area contributed by atoms with Gasteiger partial charge in [-0.1, -0.05) is 6.42 Å². The summed E-state index contributed by atoms with van der Waals surface area (Å²) >= 11 is 0. The molecular weight excluding hydrogens is 220 g/mol. The van der Waals surface area contributed by atoms with E-state index in [1.165, 1.54) is 0 Å². The minimum Gasteiger partial charge on any atom is -0.464 e. The fourth-order valence-electron chi connectivity index (χ4n) is 1.51. The molecule has 0 atom stereocenters. The third kappa shape index (κ3) is 5.49. The van der Waals surface area contributed by atoms with Crippen molar-refractivity contribution in [3.63, 3.8) is 0 Å². The van der Waals surface area contributed by atoms with Gasteiger partial charge in [0.25, 0.3) is 0 Å². The van der Waals surface area contributed by atoms with E-state index in [0.29, 0.717) is 6.61 Å². The fraction of sp³-hybridized carbons (Fsp3) is 0.667. The number of esters is 1. The topological polar surface area (TPSA) is 64.4 Å². The Hall–Kier alpha value is -1.36. The monoisotopic (exact) mass is 240 g/mol. The average Bonchev–Trinajstić information content (AvgIpc) is 2.69. The van der Waals surface area contributed by atoms with Crippen molar-refractivity contribution < 1.29 is 14.6 Å². The van der Waals surface area contributed by atoms with Crippen molar-refractivity contribution in [3.8, 4) is 0 Å². The number of rotatable bonds is 8. The van der Waals surface area contributed by atoms with Gasteiger partial charge < -0.3 is 14.4 Å². The molecule has 0 radical (unpaired) electrons. The van der Waals surface area contributed by atoms with Gasteiger partial charge in [-0.05, 0) is 26.2 Å². The summed E-state index contributed by atoms with van der Waals surface area (Å²) in [7, 11) is 0. The molecule has 0 amide bonds. The highest BCUT2D eigenvalue weighted by Crippen LogP contribution is 2.00. The van der Waals surface area contributed by atoms with Crippen LogP contribution in [0.1, 0.15) is 31.5 Å². The standard InChI is InChI=1S/C12H20N2O3/c1-11-13-6-7-14(11)10-12(16)17-9-5-3-2-4-8-15/h6-7,15H,2-5,8-10H2,1H3. The molecule has 0 saturated heterocycles. The van der Waals surface area contributed by atoms with E-state index in [0.717, 1.165) is 31.5 Å². The minimum absolute atomic E-state index is 0.225. The van der Waals surface area contributed by atoms with Crippen LogP contribution in [0.15, 0.2) is 12.4 Å². The Morgan fingerprint density at radius 2 is 2.18 bits per heavy atom. The lowest BCUT2D eigenvalue weighted by molar-refractivity contribution is -0.144. The quantitative estimate of drug-likeness (QED) is 0.549. The molecule has 1 N–H and O–H groups in total. The van der Waals surface area contributed by atoms with E-state index in [9.17, 15) is 4.79 Å². The highest BCUT2D eigenvalue weighted by molar-refractivity contribution is 5.69. The van der Waals surface area contributed by atoms with Crippen LogP contribution >= 0.6 is 0 Å². The van der Waals surface area contributed by atoms with E-state index in [-0.39, 0.29) is 19.1 Å². The molecular formula is C12H20N2O3. The van der Waals surface area contributed by atoms with Gasteiger partial charge >= 0.3 is 5.97 Å². The van der Waals surface area contributed by atoms with E-state index >= 15 is 0 Å². The summed E-state index contributed by atoms with van der Waals surface area (Å²) in [5.74, 6) is 0.582. The lowest BCUT2D eigenvalue weighted by atomic mass is 10.2. The van der Waals surface area contributed by atoms with Crippen molar-refractivity contribution >= 4 is 5.97 Å². The molecule has 0 saturated carbocycles. The molecule has 0 aliphatic carbocycles. The molecule has 0 aliphatic heterocycles. The van der Waals surface area contributed by atoms with Crippen LogP contribution in [0.5, 0.6) is 0 Å². The van der Waals surface area contributed by atoms with Crippen LogP contribution in [-0.4, -0.2) is 33.8 Å². The van der Waals surface area contributed by atoms with Gasteiger partial charge in [-0.3, -0.25) is 4.79 Å². The molecule has 0 bridgehead atoms. The van der Waals surface area contributed by atoms with Crippen molar-refractivity contribution in [2.45, 2.75) is 39.2 Å². The fourth-order valence-corrected chi connectivity index (χ4v) is 1.51. The summed E-state index contributed by atoms with van der Waals surface area (Å²) in [5, 5.41) is 8.59. The molecule has 96 valence electrons. The van der Waals surface area contributed by atoms with Crippen LogP contribution in [-0.2, 0) is 16.1 Å². The Kier molecular flexibility index (Phi) is 6.32. The summed E-state index contributed by atoms with van der Waals surface area (Å²) in [6.07, 6.45) is 7.07. The highest BCUT2D eigenvalue weighted by atomic mass is 16.5. The number of hydrogen-bond acceptors (Lipinski definition) is 4. The van der Waals surface area contributed by atoms with Crippen LogP contribution in [0.4, 0.5) is 0 Å². The van der Waals surface area contributed by atoms with Crippen LogP contribution in [0.25, 0.3) is 0 Å². The number of hydrogen-bond donors (Lipinski definition) is 1. The van der Waals surface area contributed by atoms with E-state index < -0.39 is 0 Å². The molecule has 1 heterocycles. The van der Waals surface area contributed by atoms with Crippen LogP contribution in [0.3, 0.4) is 0 Å². The maximum Gasteiger partial charge on any atom is 0.325 e. The van der Waals surface area contributed by atoms with Gasteiger partial charge in [0, 0.05) is 19.0 Å². The maximum absolute atomic E-state index is 11.4. The Morgan fingerprint density at radius 3 is 2.82 bits per heavy atom. The average molecular weight is 240 g/mol. The van der Waals surface area contributed by atoms with E-state index in [1.807, 2.05) is 6.92 Å². The SMILES string of the molecule is Cc1nccn1CC(=O)OCCCCCCO. The van der Waals surface area contributed by atoms with Crippen molar-refractivity contribution in [2.75, 3.05) is 13.2 Å². The van der Waals surface area contributed by atoms with Crippen molar-refractivity contribution in [3.05, 3.63) is 18.2 Å². The van der Waals surface area contributed by atoms with Crippen LogP contribution in [0, 0.1) is 6.92 Å². The maximum atomic E-state index is 11.4. The third-order valence-electron chi connectivity index (χ3n) is 2.54. The van der Waals surface area contributed by atoms with E-state index in [2.05, 4.69) is 4.98 Å². The number of aliphatic hydroxyl groups is 1. The van der Waals surface area contributed by atoms with Crippen molar-refractivity contribution in [1.29, 1.82) is 0 Å². The first-order valence-corrected chi connectivity index (χ1v) is 5.98. The molecule has 0 unspecified atom stereocenters. The molecule has 1 aromatic rings. The van der Waals surface area contributed by atoms with Gasteiger partial charge in [-0.2, -0.15) is 0 Å². The first-order valence-electron chi connectivity index (χ1n) is 5.98. The number of unbranched alkanes of at least 4 members (excludes halogenated alkanes) is 3. The van der Waals surface area contributed by atoms with Gasteiger partial charge in [0.15, 0.2) is 0 Å². The smallest absolute Gasteiger partial charge is 0.325 e. The predicted octanol–water partition coefficient (Wildman–Crippen LogP) is 1.29. The lowest BCUT2D eigenvalue weighted by Crippen LogP contribution is -2.14. The van der Waals surface area contributed by atoms with E-state index in [1.54, 1.807) is 17.0 Å². The molecule has 5 heteroatoms. The Labute approximate surface area is 101 Å². The van der Waals surface area contributed by atoms with Crippen LogP contribution in [0.2, 0.25) is 0 Å². The zero-order chi connectivity index (χ0) is 12.5. The molecule has 5 nitrogen and oxygen atoms in total. The predicted molar refractivity (Wildman–Crippen MR) is 63.5 cm³/mol. The molecule has 0 aromatic carbocycles. The Morgan fingerprint density at radius 1 is 1.41 bits per heavy atom. The molecule has 17 heavy (non-hydrogen) atoms. The molecule has 0 spiro atoms. The third-order valence-corrected chi connectivity index (χ3v) is 2.54. The molecule has 1 aromatic heterocycles. The number of carbonyl (C=O) groups is 1. The molecule has 0 aliphatic rings. The number of carbonyl (C=O) groups excluding carboxylic acids is 1. The Bertz CT molecular complexity index is 336. The van der Waals surface area contributed by atoms with Gasteiger partial charge in [0.05, 0.1) is 6.61 Å². The van der Waals surface area contributed by atoms with Gasteiger partial charge in [-0.15, -0.1) is 0 Å². The summed E-state index contributed by atoms with van der Waals surface area (Å²) < 4.78 is 6.86. The van der Waals surface area contributed by atoms with Gasteiger partial charge in [-0.25, -0.2) is 4.98 Å². The number of ether oxygens (including phenoxy) is 1. The first-order chi connectivity index (χ1) is 8.24. The summed E-state index contributed by atoms with van der Waals surface area (Å²) in [6, 6.07) is 0. The summed E-state index contributed by atoms with van der Waals surface area (Å²) in [6.45, 7) is 2.77. The second-order valence-corrected chi connectivity index (χ2v) is 3.96. The molecule has 0 fully saturated rings. The van der Waals surface area contributed by atoms with Crippen LogP contribution < -0.4 is 0 Å². The largest absolute Gasteiger partial charge is 0.464 e. The highest BCUT2D eigenvalue weighted by Gasteiger charge is 2.05. The minimum atomic E-state index is -0.228.